The Balaban J connectivity index is 1.70. The Morgan fingerprint density at radius 2 is 2.04 bits per heavy atom. The van der Waals surface area contributed by atoms with Crippen LogP contribution in [0.15, 0.2) is 10.9 Å². The zero-order valence-corrected chi connectivity index (χ0v) is 13.7. The van der Waals surface area contributed by atoms with E-state index in [-0.39, 0.29) is 11.8 Å². The second kappa shape index (κ2) is 7.29. The minimum Gasteiger partial charge on any atom is -0.475 e. The van der Waals surface area contributed by atoms with Crippen LogP contribution in [0.2, 0.25) is 0 Å². The van der Waals surface area contributed by atoms with E-state index in [4.69, 9.17) is 14.2 Å². The first-order valence-electron chi connectivity index (χ1n) is 7.97. The summed E-state index contributed by atoms with van der Waals surface area (Å²) in [7, 11) is 3.84. The first-order valence-corrected chi connectivity index (χ1v) is 7.97. The Labute approximate surface area is 135 Å². The number of piperazine rings is 1. The molecule has 2 aliphatic heterocycles. The Morgan fingerprint density at radius 3 is 2.74 bits per heavy atom. The highest BCUT2D eigenvalue weighted by Crippen LogP contribution is 2.18. The molecule has 128 valence electrons. The maximum Gasteiger partial charge on any atom is 0.352 e. The van der Waals surface area contributed by atoms with E-state index in [1.165, 1.54) is 0 Å². The van der Waals surface area contributed by atoms with Gasteiger partial charge in [0.1, 0.15) is 18.5 Å². The summed E-state index contributed by atoms with van der Waals surface area (Å²) in [5.41, 5.74) is -0.308. The SMILES string of the molecule is CN1CCN(c2cc(OCC3COCCO3)nc(=O)n2C)CC1. The van der Waals surface area contributed by atoms with Crippen molar-refractivity contribution in [3.8, 4) is 5.88 Å². The molecule has 0 amide bonds. The second-order valence-electron chi connectivity index (χ2n) is 5.96. The minimum absolute atomic E-state index is 0.110. The van der Waals surface area contributed by atoms with Crippen LogP contribution in [0.3, 0.4) is 0 Å². The number of likely N-dealkylation sites (N-methyl/N-ethyl adjacent to an activating group) is 1. The van der Waals surface area contributed by atoms with Crippen LogP contribution >= 0.6 is 0 Å². The van der Waals surface area contributed by atoms with E-state index < -0.39 is 0 Å². The summed E-state index contributed by atoms with van der Waals surface area (Å²) in [6.45, 7) is 5.75. The first kappa shape index (κ1) is 16.2. The minimum atomic E-state index is -0.308. The van der Waals surface area contributed by atoms with Gasteiger partial charge in [-0.15, -0.1) is 0 Å². The summed E-state index contributed by atoms with van der Waals surface area (Å²) < 4.78 is 18.1. The molecule has 23 heavy (non-hydrogen) atoms. The number of hydrogen-bond donors (Lipinski definition) is 0. The van der Waals surface area contributed by atoms with Gasteiger partial charge >= 0.3 is 5.69 Å². The van der Waals surface area contributed by atoms with Crippen LogP contribution in [0.5, 0.6) is 5.88 Å². The van der Waals surface area contributed by atoms with Crippen molar-refractivity contribution >= 4 is 5.82 Å². The number of anilines is 1. The van der Waals surface area contributed by atoms with E-state index in [0.29, 0.717) is 32.3 Å². The summed E-state index contributed by atoms with van der Waals surface area (Å²) >= 11 is 0. The average molecular weight is 324 g/mol. The van der Waals surface area contributed by atoms with E-state index in [1.54, 1.807) is 11.6 Å². The predicted octanol–water partition coefficient (Wildman–Crippen LogP) is -0.674. The molecule has 8 nitrogen and oxygen atoms in total. The van der Waals surface area contributed by atoms with E-state index in [2.05, 4.69) is 21.8 Å². The summed E-state index contributed by atoms with van der Waals surface area (Å²) in [5, 5.41) is 0. The van der Waals surface area contributed by atoms with Crippen LogP contribution in [0.25, 0.3) is 0 Å². The summed E-state index contributed by atoms with van der Waals surface area (Å²) in [5.74, 6) is 1.19. The molecule has 2 aliphatic rings. The number of rotatable bonds is 4. The molecular formula is C15H24N4O4. The van der Waals surface area contributed by atoms with Crippen LogP contribution in [0.1, 0.15) is 0 Å². The zero-order valence-electron chi connectivity index (χ0n) is 13.7. The highest BCUT2D eigenvalue weighted by atomic mass is 16.6. The molecule has 0 saturated carbocycles. The quantitative estimate of drug-likeness (QED) is 0.727. The molecule has 0 aliphatic carbocycles. The second-order valence-corrected chi connectivity index (χ2v) is 5.96. The van der Waals surface area contributed by atoms with Gasteiger partial charge in [0.05, 0.1) is 19.8 Å². The van der Waals surface area contributed by atoms with Crippen LogP contribution in [-0.2, 0) is 16.5 Å². The third-order valence-corrected chi connectivity index (χ3v) is 4.22. The van der Waals surface area contributed by atoms with Gasteiger partial charge < -0.3 is 24.0 Å². The van der Waals surface area contributed by atoms with Crippen molar-refractivity contribution in [1.29, 1.82) is 0 Å². The van der Waals surface area contributed by atoms with Gasteiger partial charge in [-0.3, -0.25) is 4.57 Å². The van der Waals surface area contributed by atoms with Crippen molar-refractivity contribution in [2.75, 3.05) is 64.6 Å². The lowest BCUT2D eigenvalue weighted by atomic mass is 10.3. The number of hydrogen-bond acceptors (Lipinski definition) is 7. The molecule has 3 rings (SSSR count). The van der Waals surface area contributed by atoms with E-state index >= 15 is 0 Å². The Morgan fingerprint density at radius 1 is 1.26 bits per heavy atom. The molecular weight excluding hydrogens is 300 g/mol. The fourth-order valence-corrected chi connectivity index (χ4v) is 2.73. The molecule has 2 saturated heterocycles. The maximum absolute atomic E-state index is 12.1. The van der Waals surface area contributed by atoms with Crippen LogP contribution in [0, 0.1) is 0 Å². The third-order valence-electron chi connectivity index (χ3n) is 4.22. The Hall–Kier alpha value is -1.64. The van der Waals surface area contributed by atoms with Gasteiger partial charge in [-0.25, -0.2) is 4.79 Å². The Kier molecular flexibility index (Phi) is 5.14. The summed E-state index contributed by atoms with van der Waals surface area (Å²) in [4.78, 5) is 20.5. The molecule has 3 heterocycles. The Bertz CT molecular complexity index is 577. The number of aromatic nitrogens is 2. The lowest BCUT2D eigenvalue weighted by Gasteiger charge is -2.34. The van der Waals surface area contributed by atoms with E-state index in [0.717, 1.165) is 32.0 Å². The monoisotopic (exact) mass is 324 g/mol. The van der Waals surface area contributed by atoms with Crippen molar-refractivity contribution in [2.24, 2.45) is 7.05 Å². The molecule has 0 spiro atoms. The molecule has 1 aromatic rings. The maximum atomic E-state index is 12.1. The van der Waals surface area contributed by atoms with Gasteiger partial charge in [0.25, 0.3) is 0 Å². The fraction of sp³-hybridized carbons (Fsp3) is 0.733. The van der Waals surface area contributed by atoms with Crippen molar-refractivity contribution in [3.63, 3.8) is 0 Å². The van der Waals surface area contributed by atoms with Crippen LogP contribution in [0.4, 0.5) is 5.82 Å². The standard InChI is InChI=1S/C15H24N4O4/c1-17-3-5-19(6-4-17)14-9-13(16-15(20)18(14)2)23-11-12-10-21-7-8-22-12/h9,12H,3-8,10-11H2,1-2H3. The number of ether oxygens (including phenoxy) is 3. The molecule has 1 aromatic heterocycles. The number of nitrogens with zero attached hydrogens (tertiary/aromatic N) is 4. The average Bonchev–Trinajstić information content (AvgIpc) is 2.57. The molecule has 1 atom stereocenters. The van der Waals surface area contributed by atoms with E-state index in [1.807, 2.05) is 6.07 Å². The van der Waals surface area contributed by atoms with Crippen molar-refractivity contribution in [3.05, 3.63) is 16.6 Å². The predicted molar refractivity (Wildman–Crippen MR) is 85.2 cm³/mol. The largest absolute Gasteiger partial charge is 0.475 e. The summed E-state index contributed by atoms with van der Waals surface area (Å²) in [6.07, 6.45) is -0.110. The van der Waals surface area contributed by atoms with Crippen molar-refractivity contribution in [1.82, 2.24) is 14.5 Å². The highest BCUT2D eigenvalue weighted by Gasteiger charge is 2.20. The van der Waals surface area contributed by atoms with Crippen molar-refractivity contribution in [2.45, 2.75) is 6.10 Å². The molecule has 0 N–H and O–H groups in total. The van der Waals surface area contributed by atoms with Gasteiger partial charge in [0, 0.05) is 39.3 Å². The zero-order chi connectivity index (χ0) is 16.2. The molecule has 0 bridgehead atoms. The lowest BCUT2D eigenvalue weighted by Crippen LogP contribution is -2.46. The fourth-order valence-electron chi connectivity index (χ4n) is 2.73. The summed E-state index contributed by atoms with van der Waals surface area (Å²) in [6, 6.07) is 1.83. The van der Waals surface area contributed by atoms with Gasteiger partial charge in [-0.2, -0.15) is 4.98 Å². The van der Waals surface area contributed by atoms with Gasteiger partial charge in [-0.1, -0.05) is 0 Å². The molecule has 0 aromatic carbocycles. The molecule has 8 heteroatoms. The van der Waals surface area contributed by atoms with Crippen LogP contribution < -0.4 is 15.3 Å². The molecule has 0 radical (unpaired) electrons. The van der Waals surface area contributed by atoms with Gasteiger partial charge in [0.2, 0.25) is 5.88 Å². The van der Waals surface area contributed by atoms with Crippen LogP contribution in [-0.4, -0.2) is 80.2 Å². The first-order chi connectivity index (χ1) is 11.1. The molecule has 1 unspecified atom stereocenters. The van der Waals surface area contributed by atoms with E-state index in [9.17, 15) is 4.79 Å². The normalized spacial score (nSPS) is 23.0. The molecule has 2 fully saturated rings. The lowest BCUT2D eigenvalue weighted by molar-refractivity contribution is -0.102. The topological polar surface area (TPSA) is 69.1 Å². The third kappa shape index (κ3) is 4.01. The van der Waals surface area contributed by atoms with Gasteiger partial charge in [-0.05, 0) is 7.05 Å². The van der Waals surface area contributed by atoms with Gasteiger partial charge in [0.15, 0.2) is 0 Å². The smallest absolute Gasteiger partial charge is 0.352 e. The highest BCUT2D eigenvalue weighted by molar-refractivity contribution is 5.42. The van der Waals surface area contributed by atoms with Crippen molar-refractivity contribution < 1.29 is 14.2 Å².